The maximum absolute atomic E-state index is 12.1. The van der Waals surface area contributed by atoms with E-state index in [1.54, 1.807) is 0 Å². The van der Waals surface area contributed by atoms with E-state index in [-0.39, 0.29) is 28.5 Å². The van der Waals surface area contributed by atoms with Gasteiger partial charge in [0.1, 0.15) is 11.5 Å². The lowest BCUT2D eigenvalue weighted by molar-refractivity contribution is 0.0884. The minimum Gasteiger partial charge on any atom is -0.508 e. The molecule has 1 aliphatic rings. The predicted octanol–water partition coefficient (Wildman–Crippen LogP) is 0.970. The summed E-state index contributed by atoms with van der Waals surface area (Å²) in [6, 6.07) is 3.93. The molecule has 1 aliphatic heterocycles. The maximum Gasteiger partial charge on any atom is 0.255 e. The highest BCUT2D eigenvalue weighted by molar-refractivity contribution is 5.97. The van der Waals surface area contributed by atoms with Gasteiger partial charge in [0.2, 0.25) is 0 Å². The zero-order valence-electron chi connectivity index (χ0n) is 10.4. The van der Waals surface area contributed by atoms with E-state index in [2.05, 4.69) is 10.6 Å². The molecule has 18 heavy (non-hydrogen) atoms. The fourth-order valence-electron chi connectivity index (χ4n) is 2.15. The first kappa shape index (κ1) is 12.7. The molecule has 1 aromatic rings. The summed E-state index contributed by atoms with van der Waals surface area (Å²) in [4.78, 5) is 12.1. The Kier molecular flexibility index (Phi) is 3.43. The molecule has 0 atom stereocenters. The molecule has 0 aromatic heterocycles. The normalized spacial score (nSPS) is 18.3. The Morgan fingerprint density at radius 1 is 1.33 bits per heavy atom. The van der Waals surface area contributed by atoms with Gasteiger partial charge in [-0.05, 0) is 51.1 Å². The van der Waals surface area contributed by atoms with E-state index >= 15 is 0 Å². The van der Waals surface area contributed by atoms with Gasteiger partial charge in [0.25, 0.3) is 5.91 Å². The third-order valence-corrected chi connectivity index (χ3v) is 3.35. The molecule has 0 bridgehead atoms. The lowest BCUT2D eigenvalue weighted by Crippen LogP contribution is -2.52. The van der Waals surface area contributed by atoms with Crippen molar-refractivity contribution < 1.29 is 15.0 Å². The number of benzene rings is 1. The van der Waals surface area contributed by atoms with Crippen LogP contribution in [-0.2, 0) is 0 Å². The van der Waals surface area contributed by atoms with Gasteiger partial charge in [-0.25, -0.2) is 0 Å². The molecule has 5 nitrogen and oxygen atoms in total. The number of nitrogens with one attached hydrogen (secondary N) is 2. The summed E-state index contributed by atoms with van der Waals surface area (Å²) in [6.45, 7) is 3.72. The molecule has 1 heterocycles. The topological polar surface area (TPSA) is 81.6 Å². The monoisotopic (exact) mass is 250 g/mol. The number of carbonyl (C=O) groups excluding carboxylic acids is 1. The van der Waals surface area contributed by atoms with Crippen molar-refractivity contribution in [2.24, 2.45) is 0 Å². The average molecular weight is 250 g/mol. The first-order valence-corrected chi connectivity index (χ1v) is 6.05. The molecule has 5 heteroatoms. The van der Waals surface area contributed by atoms with Gasteiger partial charge in [-0.1, -0.05) is 0 Å². The van der Waals surface area contributed by atoms with E-state index in [0.717, 1.165) is 25.9 Å². The fraction of sp³-hybridized carbons (Fsp3) is 0.462. The van der Waals surface area contributed by atoms with Crippen LogP contribution in [0.4, 0.5) is 0 Å². The van der Waals surface area contributed by atoms with Gasteiger partial charge in [0.05, 0.1) is 5.56 Å². The van der Waals surface area contributed by atoms with Gasteiger partial charge in [0.15, 0.2) is 0 Å². The summed E-state index contributed by atoms with van der Waals surface area (Å²) in [5.74, 6) is -0.510. The van der Waals surface area contributed by atoms with Crippen LogP contribution >= 0.6 is 0 Å². The van der Waals surface area contributed by atoms with Crippen LogP contribution in [0.3, 0.4) is 0 Å². The van der Waals surface area contributed by atoms with E-state index in [9.17, 15) is 15.0 Å². The molecule has 2 rings (SSSR count). The van der Waals surface area contributed by atoms with Crippen molar-refractivity contribution in [3.05, 3.63) is 23.8 Å². The molecule has 1 amide bonds. The van der Waals surface area contributed by atoms with Gasteiger partial charge in [-0.15, -0.1) is 0 Å². The Balaban J connectivity index is 2.14. The molecule has 0 saturated carbocycles. The van der Waals surface area contributed by atoms with Crippen molar-refractivity contribution in [3.63, 3.8) is 0 Å². The Hall–Kier alpha value is -1.75. The highest BCUT2D eigenvalue weighted by atomic mass is 16.3. The Morgan fingerprint density at radius 3 is 2.67 bits per heavy atom. The Labute approximate surface area is 106 Å². The van der Waals surface area contributed by atoms with Crippen molar-refractivity contribution in [1.29, 1.82) is 0 Å². The van der Waals surface area contributed by atoms with Crippen LogP contribution < -0.4 is 10.6 Å². The highest BCUT2D eigenvalue weighted by Crippen LogP contribution is 2.24. The zero-order valence-corrected chi connectivity index (χ0v) is 10.4. The molecule has 0 aliphatic carbocycles. The fourth-order valence-corrected chi connectivity index (χ4v) is 2.15. The smallest absolute Gasteiger partial charge is 0.255 e. The van der Waals surface area contributed by atoms with E-state index in [1.807, 2.05) is 6.92 Å². The third kappa shape index (κ3) is 2.73. The molecule has 1 fully saturated rings. The SMILES string of the molecule is CC1(NC(=O)c2cc(O)ccc2O)CCNCC1. The van der Waals surface area contributed by atoms with Crippen LogP contribution in [0.5, 0.6) is 11.5 Å². The Bertz CT molecular complexity index is 454. The maximum atomic E-state index is 12.1. The summed E-state index contributed by atoms with van der Waals surface area (Å²) in [5, 5.41) is 25.2. The number of aromatic hydroxyl groups is 2. The van der Waals surface area contributed by atoms with Crippen LogP contribution in [0, 0.1) is 0 Å². The zero-order chi connectivity index (χ0) is 13.2. The van der Waals surface area contributed by atoms with Crippen molar-refractivity contribution in [1.82, 2.24) is 10.6 Å². The highest BCUT2D eigenvalue weighted by Gasteiger charge is 2.29. The number of hydrogen-bond donors (Lipinski definition) is 4. The molecule has 98 valence electrons. The van der Waals surface area contributed by atoms with Crippen molar-refractivity contribution in [3.8, 4) is 11.5 Å². The summed E-state index contributed by atoms with van der Waals surface area (Å²) in [6.07, 6.45) is 1.69. The molecule has 1 aromatic carbocycles. The molecular formula is C13H18N2O3. The van der Waals surface area contributed by atoms with E-state index in [0.29, 0.717) is 0 Å². The number of phenols is 2. The molecular weight excluding hydrogens is 232 g/mol. The van der Waals surface area contributed by atoms with Crippen LogP contribution in [0.2, 0.25) is 0 Å². The van der Waals surface area contributed by atoms with Gasteiger partial charge < -0.3 is 20.8 Å². The molecule has 0 unspecified atom stereocenters. The second kappa shape index (κ2) is 4.86. The standard InChI is InChI=1S/C13H18N2O3/c1-13(4-6-14-7-5-13)15-12(18)10-8-9(16)2-3-11(10)17/h2-3,8,14,16-17H,4-7H2,1H3,(H,15,18). The second-order valence-electron chi connectivity index (χ2n) is 4.97. The largest absolute Gasteiger partial charge is 0.508 e. The van der Waals surface area contributed by atoms with E-state index < -0.39 is 0 Å². The molecule has 1 saturated heterocycles. The summed E-state index contributed by atoms with van der Waals surface area (Å²) in [7, 11) is 0. The minimum absolute atomic E-state index is 0.0339. The summed E-state index contributed by atoms with van der Waals surface area (Å²) >= 11 is 0. The predicted molar refractivity (Wildman–Crippen MR) is 67.7 cm³/mol. The van der Waals surface area contributed by atoms with Gasteiger partial charge in [0, 0.05) is 5.54 Å². The number of hydrogen-bond acceptors (Lipinski definition) is 4. The minimum atomic E-state index is -0.354. The first-order chi connectivity index (χ1) is 8.50. The van der Waals surface area contributed by atoms with Crippen molar-refractivity contribution >= 4 is 5.91 Å². The first-order valence-electron chi connectivity index (χ1n) is 6.05. The van der Waals surface area contributed by atoms with Crippen LogP contribution in [-0.4, -0.2) is 34.7 Å². The Morgan fingerprint density at radius 2 is 2.00 bits per heavy atom. The third-order valence-electron chi connectivity index (χ3n) is 3.35. The number of rotatable bonds is 2. The average Bonchev–Trinajstić information content (AvgIpc) is 2.32. The van der Waals surface area contributed by atoms with Crippen LogP contribution in [0.25, 0.3) is 0 Å². The number of carbonyl (C=O) groups is 1. The number of phenolic OH excluding ortho intramolecular Hbond substituents is 2. The van der Waals surface area contributed by atoms with Gasteiger partial charge >= 0.3 is 0 Å². The summed E-state index contributed by atoms with van der Waals surface area (Å²) in [5.41, 5.74) is -0.157. The van der Waals surface area contributed by atoms with Gasteiger partial charge in [-0.3, -0.25) is 4.79 Å². The number of piperidine rings is 1. The van der Waals surface area contributed by atoms with Crippen LogP contribution in [0.1, 0.15) is 30.1 Å². The lowest BCUT2D eigenvalue weighted by atomic mass is 9.90. The lowest BCUT2D eigenvalue weighted by Gasteiger charge is -2.35. The molecule has 0 spiro atoms. The quantitative estimate of drug-likeness (QED) is 0.590. The second-order valence-corrected chi connectivity index (χ2v) is 4.97. The molecule has 4 N–H and O–H groups in total. The number of amides is 1. The van der Waals surface area contributed by atoms with Gasteiger partial charge in [-0.2, -0.15) is 0 Å². The van der Waals surface area contributed by atoms with E-state index in [4.69, 9.17) is 0 Å². The van der Waals surface area contributed by atoms with Crippen LogP contribution in [0.15, 0.2) is 18.2 Å². The summed E-state index contributed by atoms with van der Waals surface area (Å²) < 4.78 is 0. The van der Waals surface area contributed by atoms with Crippen molar-refractivity contribution in [2.75, 3.05) is 13.1 Å². The molecule has 0 radical (unpaired) electrons. The van der Waals surface area contributed by atoms with Crippen molar-refractivity contribution in [2.45, 2.75) is 25.3 Å². The van der Waals surface area contributed by atoms with E-state index in [1.165, 1.54) is 18.2 Å².